The maximum Gasteiger partial charge on any atom is 0.250 e. The van der Waals surface area contributed by atoms with Crippen LogP contribution in [0.3, 0.4) is 0 Å². The molecule has 1 aromatic heterocycles. The first-order valence-corrected chi connectivity index (χ1v) is 8.48. The summed E-state index contributed by atoms with van der Waals surface area (Å²) in [6, 6.07) is 10.7. The number of hydrogen-bond acceptors (Lipinski definition) is 4. The Bertz CT molecular complexity index is 970. The lowest BCUT2D eigenvalue weighted by atomic mass is 10.1. The van der Waals surface area contributed by atoms with Crippen molar-refractivity contribution in [3.63, 3.8) is 0 Å². The van der Waals surface area contributed by atoms with Crippen LogP contribution in [0, 0.1) is 11.6 Å². The van der Waals surface area contributed by atoms with E-state index in [1.165, 1.54) is 48.8 Å². The van der Waals surface area contributed by atoms with Crippen molar-refractivity contribution in [3.05, 3.63) is 71.1 Å². The molecule has 0 aliphatic rings. The number of hydrogen-bond donors (Lipinski definition) is 1. The first-order chi connectivity index (χ1) is 12.6. The Balaban J connectivity index is 1.69. The van der Waals surface area contributed by atoms with Gasteiger partial charge in [0.15, 0.2) is 16.7 Å². The second kappa shape index (κ2) is 7.88. The minimum atomic E-state index is -0.489. The third-order valence-corrected chi connectivity index (χ3v) is 4.26. The lowest BCUT2D eigenvalue weighted by Gasteiger charge is -2.03. The Morgan fingerprint density at radius 1 is 1.19 bits per heavy atom. The van der Waals surface area contributed by atoms with Crippen molar-refractivity contribution in [2.24, 2.45) is 0 Å². The number of nitrogens with zero attached hydrogens (tertiary/aromatic N) is 1. The minimum Gasteiger partial charge on any atom is -0.494 e. The van der Waals surface area contributed by atoms with Gasteiger partial charge in [0.1, 0.15) is 5.82 Å². The Kier molecular flexibility index (Phi) is 5.38. The van der Waals surface area contributed by atoms with Gasteiger partial charge in [0.05, 0.1) is 12.8 Å². The number of amides is 1. The number of anilines is 1. The molecule has 132 valence electrons. The molecule has 1 amide bonds. The Labute approximate surface area is 152 Å². The summed E-state index contributed by atoms with van der Waals surface area (Å²) < 4.78 is 32.2. The number of nitrogens with one attached hydrogen (secondary N) is 1. The summed E-state index contributed by atoms with van der Waals surface area (Å²) in [6.07, 6.45) is 2.62. The van der Waals surface area contributed by atoms with Gasteiger partial charge in [-0.3, -0.25) is 10.1 Å². The number of methoxy groups -OCH3 is 1. The smallest absolute Gasteiger partial charge is 0.250 e. The van der Waals surface area contributed by atoms with Crippen LogP contribution in [0.1, 0.15) is 5.56 Å². The first-order valence-electron chi connectivity index (χ1n) is 7.60. The summed E-state index contributed by atoms with van der Waals surface area (Å²) in [5.74, 6) is -1.18. The fraction of sp³-hybridized carbons (Fsp3) is 0.0526. The van der Waals surface area contributed by atoms with Gasteiger partial charge < -0.3 is 4.74 Å². The molecule has 3 aromatic rings. The number of carbonyl (C=O) groups is 1. The van der Waals surface area contributed by atoms with Crippen LogP contribution in [0.5, 0.6) is 5.75 Å². The van der Waals surface area contributed by atoms with Crippen LogP contribution < -0.4 is 10.1 Å². The first kappa shape index (κ1) is 17.8. The third kappa shape index (κ3) is 4.12. The van der Waals surface area contributed by atoms with Crippen molar-refractivity contribution in [1.29, 1.82) is 0 Å². The Morgan fingerprint density at radius 3 is 2.73 bits per heavy atom. The normalized spacial score (nSPS) is 10.9. The molecule has 0 aliphatic heterocycles. The lowest BCUT2D eigenvalue weighted by Crippen LogP contribution is -2.07. The molecule has 26 heavy (non-hydrogen) atoms. The molecule has 2 aromatic carbocycles. The lowest BCUT2D eigenvalue weighted by molar-refractivity contribution is -0.111. The molecule has 3 rings (SSSR count). The zero-order valence-electron chi connectivity index (χ0n) is 13.7. The van der Waals surface area contributed by atoms with Gasteiger partial charge in [-0.25, -0.2) is 13.8 Å². The monoisotopic (exact) mass is 372 g/mol. The second-order valence-corrected chi connectivity index (χ2v) is 6.09. The van der Waals surface area contributed by atoms with Crippen molar-refractivity contribution in [2.75, 3.05) is 12.4 Å². The Hall–Kier alpha value is -3.06. The van der Waals surface area contributed by atoms with Crippen molar-refractivity contribution < 1.29 is 18.3 Å². The molecule has 0 radical (unpaired) electrons. The van der Waals surface area contributed by atoms with E-state index in [1.807, 2.05) is 0 Å². The van der Waals surface area contributed by atoms with E-state index in [0.29, 0.717) is 22.0 Å². The number of ether oxygens (including phenoxy) is 1. The average molecular weight is 372 g/mol. The van der Waals surface area contributed by atoms with Crippen LogP contribution in [0.4, 0.5) is 13.9 Å². The quantitative estimate of drug-likeness (QED) is 0.658. The molecular formula is C19H14F2N2O2S. The molecule has 7 heteroatoms. The zero-order chi connectivity index (χ0) is 18.5. The van der Waals surface area contributed by atoms with Gasteiger partial charge in [-0.15, -0.1) is 11.3 Å². The molecule has 0 spiro atoms. The summed E-state index contributed by atoms with van der Waals surface area (Å²) >= 11 is 1.21. The van der Waals surface area contributed by atoms with Crippen LogP contribution in [0.25, 0.3) is 17.3 Å². The summed E-state index contributed by atoms with van der Waals surface area (Å²) in [5.41, 5.74) is 1.42. The van der Waals surface area contributed by atoms with Crippen molar-refractivity contribution >= 4 is 28.5 Å². The number of carbonyl (C=O) groups excluding carboxylic acids is 1. The van der Waals surface area contributed by atoms with E-state index in [2.05, 4.69) is 10.3 Å². The third-order valence-electron chi connectivity index (χ3n) is 3.50. The molecule has 4 nitrogen and oxygen atoms in total. The highest BCUT2D eigenvalue weighted by Gasteiger charge is 2.10. The van der Waals surface area contributed by atoms with Crippen LogP contribution in [-0.2, 0) is 4.79 Å². The van der Waals surface area contributed by atoms with Gasteiger partial charge in [0, 0.05) is 22.6 Å². The number of benzene rings is 2. The van der Waals surface area contributed by atoms with Gasteiger partial charge in [-0.2, -0.15) is 0 Å². The molecule has 0 unspecified atom stereocenters. The second-order valence-electron chi connectivity index (χ2n) is 5.23. The number of halogens is 2. The molecule has 1 N–H and O–H groups in total. The molecule has 0 bridgehead atoms. The summed E-state index contributed by atoms with van der Waals surface area (Å²) in [4.78, 5) is 16.2. The van der Waals surface area contributed by atoms with Crippen LogP contribution in [0.2, 0.25) is 0 Å². The molecule has 0 saturated carbocycles. The van der Waals surface area contributed by atoms with Gasteiger partial charge in [0.25, 0.3) is 0 Å². The van der Waals surface area contributed by atoms with Crippen LogP contribution in [0.15, 0.2) is 53.9 Å². The number of thiazole rings is 1. The van der Waals surface area contributed by atoms with E-state index in [4.69, 9.17) is 4.74 Å². The van der Waals surface area contributed by atoms with E-state index >= 15 is 0 Å². The standard InChI is InChI=1S/C19H14F2N2O2S/c1-25-17-8-6-13(10-15(17)21)16-11-26-19(22-16)23-18(24)9-7-12-4-2-3-5-14(12)20/h2-11H,1H3,(H,22,23,24)/b9-7+. The topological polar surface area (TPSA) is 51.2 Å². The molecule has 1 heterocycles. The maximum absolute atomic E-state index is 13.8. The van der Waals surface area contributed by atoms with Crippen LogP contribution in [-0.4, -0.2) is 18.0 Å². The van der Waals surface area contributed by atoms with E-state index < -0.39 is 17.5 Å². The predicted molar refractivity (Wildman–Crippen MR) is 98.1 cm³/mol. The fourth-order valence-corrected chi connectivity index (χ4v) is 2.93. The van der Waals surface area contributed by atoms with Crippen molar-refractivity contribution in [3.8, 4) is 17.0 Å². The van der Waals surface area contributed by atoms with Gasteiger partial charge in [-0.1, -0.05) is 18.2 Å². The van der Waals surface area contributed by atoms with Gasteiger partial charge >= 0.3 is 0 Å². The summed E-state index contributed by atoms with van der Waals surface area (Å²) in [6.45, 7) is 0. The summed E-state index contributed by atoms with van der Waals surface area (Å²) in [5, 5.41) is 4.67. The minimum absolute atomic E-state index is 0.149. The Morgan fingerprint density at radius 2 is 2.00 bits per heavy atom. The van der Waals surface area contributed by atoms with Crippen molar-refractivity contribution in [1.82, 2.24) is 4.98 Å². The van der Waals surface area contributed by atoms with Crippen molar-refractivity contribution in [2.45, 2.75) is 0 Å². The highest BCUT2D eigenvalue weighted by molar-refractivity contribution is 7.14. The number of rotatable bonds is 5. The average Bonchev–Trinajstić information content (AvgIpc) is 3.09. The zero-order valence-corrected chi connectivity index (χ0v) is 14.5. The van der Waals surface area contributed by atoms with Crippen LogP contribution >= 0.6 is 11.3 Å². The van der Waals surface area contributed by atoms with E-state index in [9.17, 15) is 13.6 Å². The molecule has 0 aliphatic carbocycles. The van der Waals surface area contributed by atoms with E-state index in [-0.39, 0.29) is 5.75 Å². The van der Waals surface area contributed by atoms with Gasteiger partial charge in [-0.05, 0) is 30.3 Å². The maximum atomic E-state index is 13.8. The molecule has 0 saturated heterocycles. The summed E-state index contributed by atoms with van der Waals surface area (Å²) in [7, 11) is 1.39. The molecule has 0 fully saturated rings. The fourth-order valence-electron chi connectivity index (χ4n) is 2.21. The molecule has 0 atom stereocenters. The van der Waals surface area contributed by atoms with E-state index in [0.717, 1.165) is 0 Å². The highest BCUT2D eigenvalue weighted by Crippen LogP contribution is 2.28. The molecular weight excluding hydrogens is 358 g/mol. The highest BCUT2D eigenvalue weighted by atomic mass is 32.1. The van der Waals surface area contributed by atoms with Gasteiger partial charge in [0.2, 0.25) is 5.91 Å². The van der Waals surface area contributed by atoms with E-state index in [1.54, 1.807) is 29.6 Å². The number of aromatic nitrogens is 1. The SMILES string of the molecule is COc1ccc(-c2csc(NC(=O)/C=C/c3ccccc3F)n2)cc1F. The predicted octanol–water partition coefficient (Wildman–Crippen LogP) is 4.75. The largest absolute Gasteiger partial charge is 0.494 e.